The highest BCUT2D eigenvalue weighted by Gasteiger charge is 2.23. The number of Topliss-reactive ketones (excluding diaryl/α,β-unsaturated/α-hetero) is 1. The summed E-state index contributed by atoms with van der Waals surface area (Å²) in [5.41, 5.74) is 1.57. The van der Waals surface area contributed by atoms with Crippen molar-refractivity contribution in [1.82, 2.24) is 4.98 Å². The van der Waals surface area contributed by atoms with Crippen molar-refractivity contribution in [3.05, 3.63) is 69.4 Å². The SMILES string of the molecule is CC(=O)c1c(C)[nH]c2c([N+](=O)[O-])cc(C(=O)Nc3ccccc3)cc12. The number of carbonyl (C=O) groups excluding carboxylic acids is 2. The van der Waals surface area contributed by atoms with Crippen LogP contribution in [-0.4, -0.2) is 21.6 Å². The van der Waals surface area contributed by atoms with E-state index in [2.05, 4.69) is 10.3 Å². The Bertz CT molecular complexity index is 1010. The number of benzene rings is 2. The van der Waals surface area contributed by atoms with E-state index in [0.717, 1.165) is 0 Å². The van der Waals surface area contributed by atoms with E-state index in [0.29, 0.717) is 22.3 Å². The number of fused-ring (bicyclic) bond motifs is 1. The molecule has 1 aromatic heterocycles. The average molecular weight is 337 g/mol. The first-order valence-electron chi connectivity index (χ1n) is 7.56. The average Bonchev–Trinajstić information content (AvgIpc) is 2.90. The van der Waals surface area contributed by atoms with Gasteiger partial charge in [-0.1, -0.05) is 18.2 Å². The molecule has 0 unspecified atom stereocenters. The number of aromatic amines is 1. The van der Waals surface area contributed by atoms with Crippen LogP contribution in [-0.2, 0) is 0 Å². The van der Waals surface area contributed by atoms with Crippen molar-refractivity contribution in [2.75, 3.05) is 5.32 Å². The smallest absolute Gasteiger partial charge is 0.294 e. The summed E-state index contributed by atoms with van der Waals surface area (Å²) in [6.07, 6.45) is 0. The minimum atomic E-state index is -0.568. The molecule has 7 nitrogen and oxygen atoms in total. The highest BCUT2D eigenvalue weighted by molar-refractivity contribution is 6.13. The summed E-state index contributed by atoms with van der Waals surface area (Å²) in [6, 6.07) is 11.5. The molecule has 1 heterocycles. The number of rotatable bonds is 4. The Morgan fingerprint density at radius 2 is 1.84 bits per heavy atom. The van der Waals surface area contributed by atoms with Crippen molar-refractivity contribution in [1.29, 1.82) is 0 Å². The van der Waals surface area contributed by atoms with Crippen molar-refractivity contribution >= 4 is 34.0 Å². The minimum Gasteiger partial charge on any atom is -0.352 e. The van der Waals surface area contributed by atoms with E-state index >= 15 is 0 Å². The van der Waals surface area contributed by atoms with Gasteiger partial charge in [-0.05, 0) is 32.0 Å². The zero-order valence-electron chi connectivity index (χ0n) is 13.6. The van der Waals surface area contributed by atoms with E-state index in [1.165, 1.54) is 19.1 Å². The van der Waals surface area contributed by atoms with Crippen LogP contribution < -0.4 is 5.32 Å². The van der Waals surface area contributed by atoms with E-state index in [4.69, 9.17) is 0 Å². The lowest BCUT2D eigenvalue weighted by atomic mass is 10.0. The summed E-state index contributed by atoms with van der Waals surface area (Å²) >= 11 is 0. The summed E-state index contributed by atoms with van der Waals surface area (Å²) in [5.74, 6) is -0.705. The van der Waals surface area contributed by atoms with E-state index in [9.17, 15) is 19.7 Å². The molecule has 0 atom stereocenters. The van der Waals surface area contributed by atoms with E-state index < -0.39 is 10.8 Å². The number of hydrogen-bond donors (Lipinski definition) is 2. The van der Waals surface area contributed by atoms with Gasteiger partial charge in [0.25, 0.3) is 11.6 Å². The third kappa shape index (κ3) is 2.99. The first-order valence-corrected chi connectivity index (χ1v) is 7.56. The zero-order chi connectivity index (χ0) is 18.1. The van der Waals surface area contributed by atoms with Crippen LogP contribution in [0.25, 0.3) is 10.9 Å². The molecule has 0 spiro atoms. The van der Waals surface area contributed by atoms with Gasteiger partial charge in [-0.3, -0.25) is 19.7 Å². The standard InChI is InChI=1S/C18H15N3O4/c1-10-16(11(2)22)14-8-12(9-15(21(24)25)17(14)19-10)18(23)20-13-6-4-3-5-7-13/h3-9,19H,1-2H3,(H,20,23). The van der Waals surface area contributed by atoms with Gasteiger partial charge in [0.15, 0.2) is 5.78 Å². The Kier molecular flexibility index (Phi) is 4.06. The largest absolute Gasteiger partial charge is 0.352 e. The highest BCUT2D eigenvalue weighted by Crippen LogP contribution is 2.32. The summed E-state index contributed by atoms with van der Waals surface area (Å²) < 4.78 is 0. The predicted octanol–water partition coefficient (Wildman–Crippen LogP) is 3.84. The highest BCUT2D eigenvalue weighted by atomic mass is 16.6. The molecular weight excluding hydrogens is 322 g/mol. The predicted molar refractivity (Wildman–Crippen MR) is 94.1 cm³/mol. The van der Waals surface area contributed by atoms with Crippen molar-refractivity contribution in [2.45, 2.75) is 13.8 Å². The molecule has 25 heavy (non-hydrogen) atoms. The lowest BCUT2D eigenvalue weighted by molar-refractivity contribution is -0.383. The number of para-hydroxylation sites is 1. The number of amides is 1. The lowest BCUT2D eigenvalue weighted by Gasteiger charge is -2.06. The monoisotopic (exact) mass is 337 g/mol. The molecule has 0 aliphatic carbocycles. The Balaban J connectivity index is 2.15. The zero-order valence-corrected chi connectivity index (χ0v) is 13.6. The molecule has 126 valence electrons. The summed E-state index contributed by atoms with van der Waals surface area (Å²) in [5, 5.41) is 14.5. The second-order valence-corrected chi connectivity index (χ2v) is 5.68. The van der Waals surface area contributed by atoms with Gasteiger partial charge in [-0.2, -0.15) is 0 Å². The fourth-order valence-electron chi connectivity index (χ4n) is 2.86. The number of ketones is 1. The van der Waals surface area contributed by atoms with Crippen LogP contribution in [0.2, 0.25) is 0 Å². The molecule has 0 aliphatic heterocycles. The molecule has 0 radical (unpaired) electrons. The van der Waals surface area contributed by atoms with E-state index in [1.807, 2.05) is 6.07 Å². The lowest BCUT2D eigenvalue weighted by Crippen LogP contribution is -2.12. The number of aromatic nitrogens is 1. The molecule has 2 aromatic carbocycles. The molecule has 3 rings (SSSR count). The first kappa shape index (κ1) is 16.4. The van der Waals surface area contributed by atoms with Crippen LogP contribution >= 0.6 is 0 Å². The molecular formula is C18H15N3O4. The normalized spacial score (nSPS) is 10.6. The second kappa shape index (κ2) is 6.20. The van der Waals surface area contributed by atoms with E-state index in [1.54, 1.807) is 31.2 Å². The number of nitro groups is 1. The minimum absolute atomic E-state index is 0.115. The number of non-ortho nitro benzene ring substituents is 1. The number of H-pyrrole nitrogens is 1. The number of carbonyl (C=O) groups is 2. The molecule has 2 N–H and O–H groups in total. The number of hydrogen-bond acceptors (Lipinski definition) is 4. The van der Waals surface area contributed by atoms with Crippen LogP contribution in [0.4, 0.5) is 11.4 Å². The van der Waals surface area contributed by atoms with Crippen molar-refractivity contribution in [3.63, 3.8) is 0 Å². The molecule has 0 aliphatic rings. The van der Waals surface area contributed by atoms with Crippen LogP contribution in [0.3, 0.4) is 0 Å². The molecule has 3 aromatic rings. The number of nitrogens with one attached hydrogen (secondary N) is 2. The van der Waals surface area contributed by atoms with Gasteiger partial charge in [0.05, 0.1) is 4.92 Å². The number of anilines is 1. The van der Waals surface area contributed by atoms with Gasteiger partial charge in [0.1, 0.15) is 5.52 Å². The summed E-state index contributed by atoms with van der Waals surface area (Å²) in [4.78, 5) is 38.1. The quantitative estimate of drug-likeness (QED) is 0.428. The van der Waals surface area contributed by atoms with Gasteiger partial charge in [-0.15, -0.1) is 0 Å². The molecule has 1 amide bonds. The maximum absolute atomic E-state index is 12.5. The molecule has 0 bridgehead atoms. The fourth-order valence-corrected chi connectivity index (χ4v) is 2.86. The third-order valence-electron chi connectivity index (χ3n) is 3.92. The van der Waals surface area contributed by atoms with Crippen molar-refractivity contribution in [2.24, 2.45) is 0 Å². The number of nitro benzene ring substituents is 1. The Labute approximate surface area is 142 Å². The van der Waals surface area contributed by atoms with Crippen molar-refractivity contribution < 1.29 is 14.5 Å². The molecule has 0 fully saturated rings. The number of aryl methyl sites for hydroxylation is 1. The summed E-state index contributed by atoms with van der Waals surface area (Å²) in [7, 11) is 0. The maximum atomic E-state index is 12.5. The van der Waals surface area contributed by atoms with E-state index in [-0.39, 0.29) is 22.6 Å². The van der Waals surface area contributed by atoms with Gasteiger partial charge < -0.3 is 10.3 Å². The van der Waals surface area contributed by atoms with Gasteiger partial charge in [-0.25, -0.2) is 0 Å². The van der Waals surface area contributed by atoms with Gasteiger partial charge >= 0.3 is 0 Å². The van der Waals surface area contributed by atoms with Crippen molar-refractivity contribution in [3.8, 4) is 0 Å². The number of nitrogens with zero attached hydrogens (tertiary/aromatic N) is 1. The first-order chi connectivity index (χ1) is 11.9. The van der Waals surface area contributed by atoms with Crippen LogP contribution in [0.15, 0.2) is 42.5 Å². The third-order valence-corrected chi connectivity index (χ3v) is 3.92. The van der Waals surface area contributed by atoms with Crippen LogP contribution in [0, 0.1) is 17.0 Å². The molecule has 0 saturated heterocycles. The second-order valence-electron chi connectivity index (χ2n) is 5.68. The Morgan fingerprint density at radius 1 is 1.16 bits per heavy atom. The fraction of sp³-hybridized carbons (Fsp3) is 0.111. The van der Waals surface area contributed by atoms with Gasteiger partial charge in [0.2, 0.25) is 0 Å². The van der Waals surface area contributed by atoms with Crippen LogP contribution in [0.1, 0.15) is 33.3 Å². The van der Waals surface area contributed by atoms with Gasteiger partial charge in [0, 0.05) is 34.0 Å². The Hall–Kier alpha value is -3.48. The Morgan fingerprint density at radius 3 is 2.44 bits per heavy atom. The summed E-state index contributed by atoms with van der Waals surface area (Å²) in [6.45, 7) is 3.06. The topological polar surface area (TPSA) is 105 Å². The molecule has 0 saturated carbocycles. The van der Waals surface area contributed by atoms with Crippen LogP contribution in [0.5, 0.6) is 0 Å². The molecule has 7 heteroatoms. The maximum Gasteiger partial charge on any atom is 0.294 e.